The molecule has 0 aromatic heterocycles. The normalized spacial score (nSPS) is 43.7. The Bertz CT molecular complexity index is 1030. The molecule has 4 aliphatic carbocycles. The first-order valence-electron chi connectivity index (χ1n) is 10.8. The summed E-state index contributed by atoms with van der Waals surface area (Å²) in [5.41, 5.74) is -5.17. The SMILES string of the molecule is C[C@@H]1CC2C3CCC4=CC(=O)C=C[C@]4(C)[C@@]3(F)[C@@H](O)C[C@]2(C)[C@@]1(O)C(=O)CO.O=S(=O)([O-])[O-].[Na+].[Na+]. The van der Waals surface area contributed by atoms with Crippen LogP contribution < -0.4 is 59.1 Å². The van der Waals surface area contributed by atoms with Gasteiger partial charge in [0.1, 0.15) is 12.2 Å². The number of carbonyl (C=O) groups is 2. The van der Waals surface area contributed by atoms with Gasteiger partial charge in [-0.15, -0.1) is 0 Å². The monoisotopic (exact) mass is 534 g/mol. The third-order valence-electron chi connectivity index (χ3n) is 8.79. The summed E-state index contributed by atoms with van der Waals surface area (Å²) in [6.07, 6.45) is 4.44. The first kappa shape index (κ1) is 33.5. The van der Waals surface area contributed by atoms with Crippen molar-refractivity contribution in [1.29, 1.82) is 0 Å². The van der Waals surface area contributed by atoms with Gasteiger partial charge in [-0.1, -0.05) is 25.5 Å². The van der Waals surface area contributed by atoms with Crippen LogP contribution in [0.25, 0.3) is 0 Å². The maximum Gasteiger partial charge on any atom is 1.00 e. The standard InChI is InChI=1S/C22H29FO5.2Na.H2O4S/c1-12-8-16-15-5-4-13-9-14(25)6-7-19(13,2)21(15,23)17(26)10-20(16,3)22(12,28)18(27)11-24;;;1-5(2,3)4/h6-7,9,12,15-17,24,26,28H,4-5,8,10-11H2,1-3H3;;;(H2,1,2,3,4)/q;2*+1;/p-2/t12-,15?,16?,17+,19+,20+,21+,22+;;;/m1.../s1. The third-order valence-corrected chi connectivity index (χ3v) is 8.79. The molecule has 2 unspecified atom stereocenters. The van der Waals surface area contributed by atoms with Crippen molar-refractivity contribution in [3.63, 3.8) is 0 Å². The van der Waals surface area contributed by atoms with E-state index in [1.165, 1.54) is 12.2 Å². The summed E-state index contributed by atoms with van der Waals surface area (Å²) >= 11 is 0. The van der Waals surface area contributed by atoms with Crippen LogP contribution in [0.4, 0.5) is 4.39 Å². The molecule has 8 atom stereocenters. The summed E-state index contributed by atoms with van der Waals surface area (Å²) in [4.78, 5) is 24.4. The van der Waals surface area contributed by atoms with Crippen LogP contribution in [-0.4, -0.2) is 68.4 Å². The minimum atomic E-state index is -5.17. The van der Waals surface area contributed by atoms with Crippen LogP contribution in [0.3, 0.4) is 0 Å². The Hall–Kier alpha value is 0.500. The topological polar surface area (TPSA) is 175 Å². The number of fused-ring (bicyclic) bond motifs is 5. The minimum absolute atomic E-state index is 0. The molecule has 4 rings (SSSR count). The van der Waals surface area contributed by atoms with Gasteiger partial charge in [0.05, 0.1) is 6.10 Å². The van der Waals surface area contributed by atoms with Crippen LogP contribution in [0.15, 0.2) is 23.8 Å². The second kappa shape index (κ2) is 10.9. The number of Topliss-reactive ketones (excluding diaryl/α,β-unsaturated/α-hetero) is 1. The molecule has 3 N–H and O–H groups in total. The number of carbonyl (C=O) groups excluding carboxylic acids is 2. The molecule has 0 amide bonds. The van der Waals surface area contributed by atoms with Gasteiger partial charge in [-0.3, -0.25) is 18.0 Å². The molecule has 0 bridgehead atoms. The Balaban J connectivity index is 0.000000798. The predicted molar refractivity (Wildman–Crippen MR) is 110 cm³/mol. The number of ketones is 2. The van der Waals surface area contributed by atoms with Gasteiger partial charge >= 0.3 is 59.1 Å². The average molecular weight is 535 g/mol. The van der Waals surface area contributed by atoms with Gasteiger partial charge < -0.3 is 24.4 Å². The van der Waals surface area contributed by atoms with Crippen LogP contribution in [0, 0.1) is 28.6 Å². The molecule has 3 fully saturated rings. The molecule has 186 valence electrons. The molecule has 9 nitrogen and oxygen atoms in total. The zero-order valence-corrected chi connectivity index (χ0v) is 25.5. The maximum absolute atomic E-state index is 16.9. The van der Waals surface area contributed by atoms with E-state index in [0.29, 0.717) is 24.8 Å². The molecule has 0 spiro atoms. The van der Waals surface area contributed by atoms with Gasteiger partial charge in [-0.05, 0) is 56.6 Å². The summed E-state index contributed by atoms with van der Waals surface area (Å²) in [5, 5.41) is 32.0. The van der Waals surface area contributed by atoms with Crippen LogP contribution in [-0.2, 0) is 20.0 Å². The maximum atomic E-state index is 16.9. The number of alkyl halides is 1. The molecule has 0 heterocycles. The van der Waals surface area contributed by atoms with E-state index in [2.05, 4.69) is 0 Å². The molecule has 0 radical (unpaired) electrons. The number of hydrogen-bond donors (Lipinski definition) is 3. The third kappa shape index (κ3) is 5.10. The Kier molecular flexibility index (Phi) is 10.5. The first-order valence-corrected chi connectivity index (χ1v) is 12.1. The zero-order chi connectivity index (χ0) is 25.2. The van der Waals surface area contributed by atoms with E-state index in [9.17, 15) is 24.9 Å². The first-order chi connectivity index (χ1) is 15.0. The largest absolute Gasteiger partial charge is 1.00 e. The quantitative estimate of drug-likeness (QED) is 0.177. The zero-order valence-electron chi connectivity index (χ0n) is 20.7. The predicted octanol–water partition coefficient (Wildman–Crippen LogP) is -5.43. The molecule has 0 saturated heterocycles. The smallest absolute Gasteiger partial charge is 0.759 e. The summed E-state index contributed by atoms with van der Waals surface area (Å²) < 4.78 is 50.9. The second-order valence-electron chi connectivity index (χ2n) is 10.2. The van der Waals surface area contributed by atoms with Crippen LogP contribution in [0.5, 0.6) is 0 Å². The van der Waals surface area contributed by atoms with Crippen molar-refractivity contribution in [2.45, 2.75) is 63.8 Å². The summed E-state index contributed by atoms with van der Waals surface area (Å²) in [6, 6.07) is 0. The number of aliphatic hydroxyl groups excluding tert-OH is 2. The number of halogens is 1. The second-order valence-corrected chi connectivity index (χ2v) is 11.0. The molecule has 0 aromatic rings. The van der Waals surface area contributed by atoms with E-state index in [1.54, 1.807) is 26.8 Å². The van der Waals surface area contributed by atoms with Gasteiger partial charge in [-0.25, -0.2) is 4.39 Å². The van der Waals surface area contributed by atoms with E-state index in [4.69, 9.17) is 17.5 Å². The molecular weight excluding hydrogens is 505 g/mol. The minimum Gasteiger partial charge on any atom is -0.759 e. The summed E-state index contributed by atoms with van der Waals surface area (Å²) in [5.74, 6) is -2.12. The number of allylic oxidation sites excluding steroid dienone is 4. The van der Waals surface area contributed by atoms with Gasteiger partial charge in [0.15, 0.2) is 17.2 Å². The van der Waals surface area contributed by atoms with Gasteiger partial charge in [-0.2, -0.15) is 0 Å². The molecule has 4 aliphatic rings. The van der Waals surface area contributed by atoms with Crippen molar-refractivity contribution in [2.75, 3.05) is 6.61 Å². The molecule has 3 saturated carbocycles. The van der Waals surface area contributed by atoms with Crippen molar-refractivity contribution in [3.8, 4) is 0 Å². The van der Waals surface area contributed by atoms with Crippen molar-refractivity contribution in [2.24, 2.45) is 28.6 Å². The fourth-order valence-corrected chi connectivity index (χ4v) is 7.26. The Labute approximate surface area is 248 Å². The average Bonchev–Trinajstić information content (AvgIpc) is 2.89. The number of aliphatic hydroxyl groups is 3. The van der Waals surface area contributed by atoms with Crippen molar-refractivity contribution in [3.05, 3.63) is 23.8 Å². The molecule has 0 aliphatic heterocycles. The molecular formula is C22H29FNa2O9S. The van der Waals surface area contributed by atoms with E-state index in [1.807, 2.05) is 0 Å². The van der Waals surface area contributed by atoms with Gasteiger partial charge in [0.2, 0.25) is 0 Å². The Morgan fingerprint density at radius 1 is 1.23 bits per heavy atom. The summed E-state index contributed by atoms with van der Waals surface area (Å²) in [7, 11) is -5.17. The Morgan fingerprint density at radius 2 is 1.77 bits per heavy atom. The van der Waals surface area contributed by atoms with Gasteiger partial charge in [0.25, 0.3) is 0 Å². The van der Waals surface area contributed by atoms with Crippen LogP contribution >= 0.6 is 0 Å². The number of hydrogen-bond acceptors (Lipinski definition) is 9. The summed E-state index contributed by atoms with van der Waals surface area (Å²) in [6.45, 7) is 4.48. The number of rotatable bonds is 2. The fraction of sp³-hybridized carbons (Fsp3) is 0.727. The van der Waals surface area contributed by atoms with Crippen LogP contribution in [0.2, 0.25) is 0 Å². The van der Waals surface area contributed by atoms with E-state index in [-0.39, 0.29) is 77.2 Å². The molecule has 35 heavy (non-hydrogen) atoms. The van der Waals surface area contributed by atoms with Gasteiger partial charge in [0, 0.05) is 27.1 Å². The molecule has 13 heteroatoms. The van der Waals surface area contributed by atoms with Crippen molar-refractivity contribution in [1.82, 2.24) is 0 Å². The Morgan fingerprint density at radius 3 is 2.29 bits per heavy atom. The van der Waals surface area contributed by atoms with E-state index in [0.717, 1.165) is 0 Å². The van der Waals surface area contributed by atoms with Crippen molar-refractivity contribution >= 4 is 22.0 Å². The fourth-order valence-electron chi connectivity index (χ4n) is 7.26. The van der Waals surface area contributed by atoms with Crippen LogP contribution in [0.1, 0.15) is 46.5 Å². The van der Waals surface area contributed by atoms with E-state index >= 15 is 4.39 Å². The van der Waals surface area contributed by atoms with Crippen molar-refractivity contribution < 1.29 is 106 Å². The molecule has 0 aromatic carbocycles. The van der Waals surface area contributed by atoms with E-state index < -0.39 is 62.8 Å².